The predicted molar refractivity (Wildman–Crippen MR) is 97.1 cm³/mol. The summed E-state index contributed by atoms with van der Waals surface area (Å²) in [7, 11) is 0. The first-order valence-corrected chi connectivity index (χ1v) is 8.96. The Morgan fingerprint density at radius 1 is 1.00 bits per heavy atom. The lowest BCUT2D eigenvalue weighted by molar-refractivity contribution is 0.0949. The first-order chi connectivity index (χ1) is 12.1. The summed E-state index contributed by atoms with van der Waals surface area (Å²) in [5.74, 6) is 1.42. The highest BCUT2D eigenvalue weighted by Gasteiger charge is 2.45. The number of halogens is 2. The van der Waals surface area contributed by atoms with Gasteiger partial charge in [0.25, 0.3) is 5.91 Å². The first-order valence-electron chi connectivity index (χ1n) is 8.21. The molecule has 25 heavy (non-hydrogen) atoms. The molecule has 1 N–H and O–H groups in total. The molecular formula is C19H17Cl2NO3. The van der Waals surface area contributed by atoms with Crippen molar-refractivity contribution < 1.29 is 14.3 Å². The van der Waals surface area contributed by atoms with Gasteiger partial charge in [-0.2, -0.15) is 0 Å². The Hall–Kier alpha value is -1.91. The highest BCUT2D eigenvalue weighted by atomic mass is 35.5. The molecule has 0 radical (unpaired) electrons. The third-order valence-corrected chi connectivity index (χ3v) is 5.52. The fourth-order valence-electron chi connectivity index (χ4n) is 3.08. The number of benzene rings is 2. The summed E-state index contributed by atoms with van der Waals surface area (Å²) in [5.41, 5.74) is 1.65. The molecular weight excluding hydrogens is 361 g/mol. The molecule has 1 saturated carbocycles. The molecule has 0 bridgehead atoms. The van der Waals surface area contributed by atoms with Gasteiger partial charge in [0.15, 0.2) is 11.5 Å². The van der Waals surface area contributed by atoms with E-state index < -0.39 is 0 Å². The lowest BCUT2D eigenvalue weighted by Gasteiger charge is -2.22. The highest BCUT2D eigenvalue weighted by Crippen LogP contribution is 2.49. The molecule has 0 unspecified atom stereocenters. The monoisotopic (exact) mass is 377 g/mol. The molecule has 1 amide bonds. The van der Waals surface area contributed by atoms with Crippen LogP contribution in [0.25, 0.3) is 0 Å². The van der Waals surface area contributed by atoms with Crippen LogP contribution in [0.5, 0.6) is 11.5 Å². The molecule has 1 aliphatic carbocycles. The minimum Gasteiger partial charge on any atom is -0.486 e. The number of hydrogen-bond donors (Lipinski definition) is 1. The fourth-order valence-corrected chi connectivity index (χ4v) is 3.38. The number of hydrogen-bond acceptors (Lipinski definition) is 3. The van der Waals surface area contributed by atoms with Crippen molar-refractivity contribution in [1.29, 1.82) is 0 Å². The molecule has 2 aliphatic rings. The second-order valence-corrected chi connectivity index (χ2v) is 7.26. The van der Waals surface area contributed by atoms with E-state index in [0.717, 1.165) is 24.3 Å². The van der Waals surface area contributed by atoms with E-state index in [9.17, 15) is 4.79 Å². The van der Waals surface area contributed by atoms with E-state index in [2.05, 4.69) is 11.4 Å². The summed E-state index contributed by atoms with van der Waals surface area (Å²) in [5, 5.41) is 3.83. The molecule has 2 aromatic rings. The number of amides is 1. The quantitative estimate of drug-likeness (QED) is 0.867. The van der Waals surface area contributed by atoms with Crippen molar-refractivity contribution >= 4 is 29.1 Å². The predicted octanol–water partition coefficient (Wildman–Crippen LogP) is 4.23. The zero-order valence-corrected chi connectivity index (χ0v) is 15.0. The Bertz CT molecular complexity index is 833. The minimum atomic E-state index is -0.151. The van der Waals surface area contributed by atoms with Crippen LogP contribution in [-0.4, -0.2) is 25.7 Å². The van der Waals surface area contributed by atoms with Crippen LogP contribution in [0.3, 0.4) is 0 Å². The maximum absolute atomic E-state index is 12.4. The molecule has 4 nitrogen and oxygen atoms in total. The third-order valence-electron chi connectivity index (χ3n) is 4.78. The maximum Gasteiger partial charge on any atom is 0.251 e. The average Bonchev–Trinajstić information content (AvgIpc) is 3.43. The van der Waals surface area contributed by atoms with Crippen molar-refractivity contribution in [3.8, 4) is 11.5 Å². The van der Waals surface area contributed by atoms with Gasteiger partial charge in [0, 0.05) is 17.5 Å². The summed E-state index contributed by atoms with van der Waals surface area (Å²) in [6.07, 6.45) is 2.07. The number of nitrogens with one attached hydrogen (secondary N) is 1. The van der Waals surface area contributed by atoms with Crippen LogP contribution in [0.15, 0.2) is 36.4 Å². The summed E-state index contributed by atoms with van der Waals surface area (Å²) in [6.45, 7) is 1.72. The van der Waals surface area contributed by atoms with E-state index >= 15 is 0 Å². The third kappa shape index (κ3) is 3.29. The lowest BCUT2D eigenvalue weighted by Crippen LogP contribution is -2.32. The number of fused-ring (bicyclic) bond motifs is 1. The van der Waals surface area contributed by atoms with Gasteiger partial charge in [-0.05, 0) is 48.7 Å². The van der Waals surface area contributed by atoms with Gasteiger partial charge < -0.3 is 14.8 Å². The first kappa shape index (κ1) is 16.6. The topological polar surface area (TPSA) is 47.6 Å². The molecule has 0 aromatic heterocycles. The molecule has 6 heteroatoms. The smallest absolute Gasteiger partial charge is 0.251 e. The summed E-state index contributed by atoms with van der Waals surface area (Å²) in [4.78, 5) is 12.4. The molecule has 0 spiro atoms. The summed E-state index contributed by atoms with van der Waals surface area (Å²) >= 11 is 11.9. The Labute approximate surface area is 156 Å². The van der Waals surface area contributed by atoms with Gasteiger partial charge >= 0.3 is 0 Å². The number of carbonyl (C=O) groups excluding carboxylic acids is 1. The largest absolute Gasteiger partial charge is 0.486 e. The zero-order chi connectivity index (χ0) is 17.4. The van der Waals surface area contributed by atoms with Crippen LogP contribution < -0.4 is 14.8 Å². The van der Waals surface area contributed by atoms with E-state index in [4.69, 9.17) is 32.7 Å². The molecule has 4 rings (SSSR count). The van der Waals surface area contributed by atoms with Gasteiger partial charge in [-0.25, -0.2) is 0 Å². The van der Waals surface area contributed by atoms with Gasteiger partial charge in [0.1, 0.15) is 13.2 Å². The molecule has 1 heterocycles. The highest BCUT2D eigenvalue weighted by molar-refractivity contribution is 6.42. The van der Waals surface area contributed by atoms with Gasteiger partial charge in [-0.15, -0.1) is 0 Å². The van der Waals surface area contributed by atoms with Gasteiger partial charge in [-0.3, -0.25) is 4.79 Å². The molecule has 1 fully saturated rings. The Morgan fingerprint density at radius 2 is 1.76 bits per heavy atom. The Morgan fingerprint density at radius 3 is 2.48 bits per heavy atom. The van der Waals surface area contributed by atoms with Gasteiger partial charge in [0.05, 0.1) is 10.0 Å². The number of rotatable bonds is 4. The number of carbonyl (C=O) groups is 1. The minimum absolute atomic E-state index is 0.0261. The second-order valence-electron chi connectivity index (χ2n) is 6.45. The van der Waals surface area contributed by atoms with Gasteiger partial charge in [0.2, 0.25) is 0 Å². The molecule has 0 saturated heterocycles. The normalized spacial score (nSPS) is 17.0. The average molecular weight is 378 g/mol. The number of ether oxygens (including phenoxy) is 2. The van der Waals surface area contributed by atoms with Crippen molar-refractivity contribution in [1.82, 2.24) is 5.32 Å². The lowest BCUT2D eigenvalue weighted by atomic mass is 9.95. The zero-order valence-electron chi connectivity index (χ0n) is 13.5. The molecule has 130 valence electrons. The Kier molecular flexibility index (Phi) is 4.26. The standard InChI is InChI=1S/C19H17Cl2NO3/c20-14-3-1-12(9-15(14)21)18(23)22-11-19(5-6-19)13-2-4-16-17(10-13)25-8-7-24-16/h1-4,9-10H,5-8,11H2,(H,22,23). The van der Waals surface area contributed by atoms with Crippen molar-refractivity contribution in [2.75, 3.05) is 19.8 Å². The van der Waals surface area contributed by atoms with Crippen LogP contribution in [0.1, 0.15) is 28.8 Å². The molecule has 0 atom stereocenters. The summed E-state index contributed by atoms with van der Waals surface area (Å²) < 4.78 is 11.2. The van der Waals surface area contributed by atoms with E-state index in [1.165, 1.54) is 5.56 Å². The van der Waals surface area contributed by atoms with Crippen molar-refractivity contribution in [3.63, 3.8) is 0 Å². The van der Waals surface area contributed by atoms with Crippen LogP contribution in [0.2, 0.25) is 10.0 Å². The van der Waals surface area contributed by atoms with Crippen LogP contribution in [0, 0.1) is 0 Å². The Balaban J connectivity index is 1.47. The van der Waals surface area contributed by atoms with Gasteiger partial charge in [-0.1, -0.05) is 29.3 Å². The van der Waals surface area contributed by atoms with E-state index in [-0.39, 0.29) is 11.3 Å². The SMILES string of the molecule is O=C(NCC1(c2ccc3c(c2)OCCO3)CC1)c1ccc(Cl)c(Cl)c1. The van der Waals surface area contributed by atoms with Crippen LogP contribution in [-0.2, 0) is 5.41 Å². The molecule has 1 aliphatic heterocycles. The molecule has 2 aromatic carbocycles. The second kappa shape index (κ2) is 6.43. The van der Waals surface area contributed by atoms with Crippen molar-refractivity contribution in [3.05, 3.63) is 57.6 Å². The van der Waals surface area contributed by atoms with Crippen LogP contribution in [0.4, 0.5) is 0 Å². The van der Waals surface area contributed by atoms with Crippen molar-refractivity contribution in [2.24, 2.45) is 0 Å². The maximum atomic E-state index is 12.4. The summed E-state index contributed by atoms with van der Waals surface area (Å²) in [6, 6.07) is 10.9. The van der Waals surface area contributed by atoms with E-state index in [1.54, 1.807) is 18.2 Å². The van der Waals surface area contributed by atoms with Crippen LogP contribution >= 0.6 is 23.2 Å². The van der Waals surface area contributed by atoms with E-state index in [1.807, 2.05) is 12.1 Å². The van der Waals surface area contributed by atoms with E-state index in [0.29, 0.717) is 35.4 Å². The van der Waals surface area contributed by atoms with Crippen molar-refractivity contribution in [2.45, 2.75) is 18.3 Å². The fraction of sp³-hybridized carbons (Fsp3) is 0.316.